The predicted molar refractivity (Wildman–Crippen MR) is 85.9 cm³/mol. The Morgan fingerprint density at radius 2 is 1.70 bits per heavy atom. The number of rotatable bonds is 6. The van der Waals surface area contributed by atoms with Crippen LogP contribution in [-0.4, -0.2) is 14.2 Å². The van der Waals surface area contributed by atoms with Crippen LogP contribution in [0.5, 0.6) is 0 Å². The second kappa shape index (κ2) is 6.28. The summed E-state index contributed by atoms with van der Waals surface area (Å²) in [6.45, 7) is 4.47. The molecule has 0 saturated heterocycles. The molecule has 0 spiro atoms. The third-order valence-electron chi connectivity index (χ3n) is 2.80. The molecule has 0 aliphatic heterocycles. The molecular weight excluding hydrogens is 292 g/mol. The van der Waals surface area contributed by atoms with Crippen LogP contribution in [-0.2, 0) is 16.6 Å². The fourth-order valence-electron chi connectivity index (χ4n) is 1.68. The van der Waals surface area contributed by atoms with Gasteiger partial charge in [0.2, 0.25) is 10.0 Å². The van der Waals surface area contributed by atoms with Gasteiger partial charge in [-0.25, -0.2) is 8.42 Å². The first-order valence-corrected chi connectivity index (χ1v) is 8.85. The molecule has 6 heteroatoms. The number of aryl methyl sites for hydroxylation is 1. The summed E-state index contributed by atoms with van der Waals surface area (Å²) in [6.07, 6.45) is 0. The molecule has 0 aliphatic rings. The molecule has 1 aromatic carbocycles. The lowest BCUT2D eigenvalue weighted by atomic mass is 10.3. The van der Waals surface area contributed by atoms with Crippen LogP contribution < -0.4 is 10.0 Å². The van der Waals surface area contributed by atoms with Gasteiger partial charge in [0.25, 0.3) is 0 Å². The molecule has 0 unspecified atom stereocenters. The molecule has 0 amide bonds. The Labute approximate surface area is 123 Å². The summed E-state index contributed by atoms with van der Waals surface area (Å²) in [5.74, 6) is 0.0741. The summed E-state index contributed by atoms with van der Waals surface area (Å²) in [5.41, 5.74) is 1.56. The van der Waals surface area contributed by atoms with Crippen molar-refractivity contribution in [1.82, 2.24) is 0 Å². The van der Waals surface area contributed by atoms with Crippen LogP contribution in [0.15, 0.2) is 36.4 Å². The monoisotopic (exact) mass is 310 g/mol. The molecule has 0 aliphatic carbocycles. The van der Waals surface area contributed by atoms with Gasteiger partial charge < -0.3 is 5.32 Å². The number of hydrogen-bond donors (Lipinski definition) is 2. The first-order chi connectivity index (χ1) is 9.48. The van der Waals surface area contributed by atoms with Crippen molar-refractivity contribution >= 4 is 32.7 Å². The van der Waals surface area contributed by atoms with Gasteiger partial charge in [0, 0.05) is 27.7 Å². The highest BCUT2D eigenvalue weighted by atomic mass is 32.2. The van der Waals surface area contributed by atoms with E-state index >= 15 is 0 Å². The van der Waals surface area contributed by atoms with Crippen molar-refractivity contribution in [2.45, 2.75) is 20.4 Å². The summed E-state index contributed by atoms with van der Waals surface area (Å²) < 4.78 is 25.4. The van der Waals surface area contributed by atoms with E-state index in [1.807, 2.05) is 12.1 Å². The largest absolute Gasteiger partial charge is 0.380 e. The first kappa shape index (κ1) is 14.9. The number of sulfonamides is 1. The second-order valence-corrected chi connectivity index (χ2v) is 7.83. The van der Waals surface area contributed by atoms with E-state index < -0.39 is 10.0 Å². The van der Waals surface area contributed by atoms with Gasteiger partial charge in [0.15, 0.2) is 0 Å². The molecule has 2 aromatic rings. The van der Waals surface area contributed by atoms with Crippen LogP contribution in [0, 0.1) is 6.92 Å². The van der Waals surface area contributed by atoms with Crippen LogP contribution >= 0.6 is 11.3 Å². The summed E-state index contributed by atoms with van der Waals surface area (Å²) in [6, 6.07) is 11.5. The minimum atomic E-state index is -3.21. The third kappa shape index (κ3) is 4.25. The molecule has 0 radical (unpaired) electrons. The van der Waals surface area contributed by atoms with Gasteiger partial charge in [-0.1, -0.05) is 0 Å². The van der Waals surface area contributed by atoms with E-state index in [9.17, 15) is 8.42 Å². The Kier molecular flexibility index (Phi) is 4.67. The fraction of sp³-hybridized carbons (Fsp3) is 0.286. The molecule has 0 fully saturated rings. The van der Waals surface area contributed by atoms with E-state index in [2.05, 4.69) is 29.1 Å². The summed E-state index contributed by atoms with van der Waals surface area (Å²) in [4.78, 5) is 2.57. The van der Waals surface area contributed by atoms with E-state index in [4.69, 9.17) is 0 Å². The fourth-order valence-corrected chi connectivity index (χ4v) is 3.15. The molecule has 0 atom stereocenters. The van der Waals surface area contributed by atoms with E-state index in [1.165, 1.54) is 9.75 Å². The highest BCUT2D eigenvalue weighted by Gasteiger charge is 2.06. The molecule has 1 aromatic heterocycles. The molecule has 2 N–H and O–H groups in total. The Balaban J connectivity index is 1.94. The van der Waals surface area contributed by atoms with Gasteiger partial charge in [-0.05, 0) is 50.2 Å². The summed E-state index contributed by atoms with van der Waals surface area (Å²) >= 11 is 1.77. The third-order valence-corrected chi connectivity index (χ3v) is 5.11. The number of hydrogen-bond acceptors (Lipinski definition) is 4. The van der Waals surface area contributed by atoms with Crippen molar-refractivity contribution < 1.29 is 8.42 Å². The maximum absolute atomic E-state index is 11.4. The zero-order valence-electron chi connectivity index (χ0n) is 11.5. The van der Waals surface area contributed by atoms with Gasteiger partial charge in [-0.2, -0.15) is 0 Å². The van der Waals surface area contributed by atoms with E-state index in [-0.39, 0.29) is 5.75 Å². The topological polar surface area (TPSA) is 58.2 Å². The van der Waals surface area contributed by atoms with Crippen LogP contribution in [0.25, 0.3) is 0 Å². The van der Waals surface area contributed by atoms with Gasteiger partial charge in [-0.3, -0.25) is 4.72 Å². The highest BCUT2D eigenvalue weighted by molar-refractivity contribution is 7.92. The molecule has 0 saturated carbocycles. The number of anilines is 2. The average molecular weight is 310 g/mol. The van der Waals surface area contributed by atoms with Gasteiger partial charge >= 0.3 is 0 Å². The summed E-state index contributed by atoms with van der Waals surface area (Å²) in [5, 5.41) is 3.31. The van der Waals surface area contributed by atoms with Crippen LogP contribution in [0.4, 0.5) is 11.4 Å². The number of thiophene rings is 1. The second-order valence-electron chi connectivity index (χ2n) is 4.45. The normalized spacial score (nSPS) is 11.3. The maximum atomic E-state index is 11.4. The van der Waals surface area contributed by atoms with Crippen molar-refractivity contribution in [3.63, 3.8) is 0 Å². The van der Waals surface area contributed by atoms with Gasteiger partial charge in [0.05, 0.1) is 5.75 Å². The molecule has 1 heterocycles. The molecule has 2 rings (SSSR count). The summed E-state index contributed by atoms with van der Waals surface area (Å²) in [7, 11) is -3.21. The van der Waals surface area contributed by atoms with Crippen LogP contribution in [0.2, 0.25) is 0 Å². The lowest BCUT2D eigenvalue weighted by molar-refractivity contribution is 0.602. The highest BCUT2D eigenvalue weighted by Crippen LogP contribution is 2.19. The van der Waals surface area contributed by atoms with Crippen molar-refractivity contribution in [3.8, 4) is 0 Å². The van der Waals surface area contributed by atoms with Gasteiger partial charge in [0.1, 0.15) is 0 Å². The number of benzene rings is 1. The van der Waals surface area contributed by atoms with Crippen LogP contribution in [0.3, 0.4) is 0 Å². The SMILES string of the molecule is CCS(=O)(=O)Nc1ccc(NCc2ccc(C)s2)cc1. The first-order valence-electron chi connectivity index (χ1n) is 6.38. The number of nitrogens with one attached hydrogen (secondary N) is 2. The Morgan fingerprint density at radius 3 is 2.25 bits per heavy atom. The van der Waals surface area contributed by atoms with Crippen LogP contribution in [0.1, 0.15) is 16.7 Å². The van der Waals surface area contributed by atoms with Crippen molar-refractivity contribution in [1.29, 1.82) is 0 Å². The quantitative estimate of drug-likeness (QED) is 0.859. The molecule has 108 valence electrons. The van der Waals surface area contributed by atoms with E-state index in [0.29, 0.717) is 5.69 Å². The van der Waals surface area contributed by atoms with Crippen molar-refractivity contribution in [3.05, 3.63) is 46.2 Å². The Bertz CT molecular complexity index is 661. The smallest absolute Gasteiger partial charge is 0.232 e. The molecule has 0 bridgehead atoms. The van der Waals surface area contributed by atoms with E-state index in [0.717, 1.165) is 12.2 Å². The maximum Gasteiger partial charge on any atom is 0.232 e. The standard InChI is InChI=1S/C14H18N2O2S2/c1-3-20(17,18)16-13-7-5-12(6-8-13)15-10-14-9-4-11(2)19-14/h4-9,15-16H,3,10H2,1-2H3. The lowest BCUT2D eigenvalue weighted by Gasteiger charge is -2.08. The average Bonchev–Trinajstić information content (AvgIpc) is 2.83. The minimum absolute atomic E-state index is 0.0741. The molecule has 20 heavy (non-hydrogen) atoms. The Hall–Kier alpha value is -1.53. The zero-order chi connectivity index (χ0) is 14.6. The molecule has 4 nitrogen and oxygen atoms in total. The predicted octanol–water partition coefficient (Wildman–Crippen LogP) is 3.43. The Morgan fingerprint density at radius 1 is 1.05 bits per heavy atom. The van der Waals surface area contributed by atoms with Crippen molar-refractivity contribution in [2.75, 3.05) is 15.8 Å². The minimum Gasteiger partial charge on any atom is -0.380 e. The molecular formula is C14H18N2O2S2. The lowest BCUT2D eigenvalue weighted by Crippen LogP contribution is -2.14. The van der Waals surface area contributed by atoms with E-state index in [1.54, 1.807) is 30.4 Å². The zero-order valence-corrected chi connectivity index (χ0v) is 13.1. The van der Waals surface area contributed by atoms with Crippen molar-refractivity contribution in [2.24, 2.45) is 0 Å². The van der Waals surface area contributed by atoms with Gasteiger partial charge in [-0.15, -0.1) is 11.3 Å².